The van der Waals surface area contributed by atoms with E-state index in [4.69, 9.17) is 33.5 Å². The standard InChI is InChI=1S/C36H64O16/c1-5-9-13-17-25(39)47-22-24-32(49-26(40)18-14-10-6-2)33(50-27(41)19-15-11-7-3)34(51-28(42)20-16-12-8-4)36(48-24)52-35(46)31(45)30(44)29(43)23(38)21-37/h23-24,29-38,43-46H,5-22H2,1-4H3/t23-,24-,29-,30+,31+,32-,33+,34+,35?,36-/m1/s1. The van der Waals surface area contributed by atoms with E-state index in [1.54, 1.807) is 0 Å². The lowest BCUT2D eigenvalue weighted by atomic mass is 9.97. The maximum atomic E-state index is 13.2. The Morgan fingerprint density at radius 2 is 0.981 bits per heavy atom. The van der Waals surface area contributed by atoms with Crippen LogP contribution in [0.15, 0.2) is 0 Å². The van der Waals surface area contributed by atoms with Crippen molar-refractivity contribution >= 4 is 23.9 Å². The molecule has 6 N–H and O–H groups in total. The van der Waals surface area contributed by atoms with E-state index < -0.39 is 98.5 Å². The molecule has 10 atom stereocenters. The lowest BCUT2D eigenvalue weighted by Gasteiger charge is -2.45. The maximum Gasteiger partial charge on any atom is 0.306 e. The third-order valence-corrected chi connectivity index (χ3v) is 8.59. The molecule has 0 aromatic heterocycles. The molecule has 52 heavy (non-hydrogen) atoms. The Morgan fingerprint density at radius 3 is 1.42 bits per heavy atom. The van der Waals surface area contributed by atoms with E-state index in [0.29, 0.717) is 38.5 Å². The molecule has 0 aliphatic carbocycles. The largest absolute Gasteiger partial charge is 0.463 e. The Kier molecular flexibility index (Phi) is 24.9. The molecular formula is C36H64O16. The summed E-state index contributed by atoms with van der Waals surface area (Å²) < 4.78 is 34.5. The van der Waals surface area contributed by atoms with E-state index in [1.165, 1.54) is 0 Å². The first-order chi connectivity index (χ1) is 24.8. The van der Waals surface area contributed by atoms with Crippen LogP contribution < -0.4 is 0 Å². The maximum absolute atomic E-state index is 13.2. The summed E-state index contributed by atoms with van der Waals surface area (Å²) in [6.45, 7) is 6.29. The summed E-state index contributed by atoms with van der Waals surface area (Å²) in [5, 5.41) is 60.9. The van der Waals surface area contributed by atoms with Crippen LogP contribution in [-0.2, 0) is 47.6 Å². The second kappa shape index (κ2) is 27.2. The van der Waals surface area contributed by atoms with Crippen molar-refractivity contribution in [1.82, 2.24) is 0 Å². The van der Waals surface area contributed by atoms with Gasteiger partial charge in [0.15, 0.2) is 24.6 Å². The zero-order valence-electron chi connectivity index (χ0n) is 31.3. The normalized spacial score (nSPS) is 23.2. The third kappa shape index (κ3) is 17.6. The van der Waals surface area contributed by atoms with E-state index >= 15 is 0 Å². The van der Waals surface area contributed by atoms with Crippen LogP contribution in [0.25, 0.3) is 0 Å². The topological polar surface area (TPSA) is 245 Å². The summed E-state index contributed by atoms with van der Waals surface area (Å²) in [5.41, 5.74) is 0. The second-order valence-electron chi connectivity index (χ2n) is 13.2. The van der Waals surface area contributed by atoms with Crippen LogP contribution in [0.2, 0.25) is 0 Å². The number of unbranched alkanes of at least 4 members (excludes halogenated alkanes) is 8. The highest BCUT2D eigenvalue weighted by Gasteiger charge is 2.54. The summed E-state index contributed by atoms with van der Waals surface area (Å²) in [5.74, 6) is -2.77. The highest BCUT2D eigenvalue weighted by atomic mass is 16.8. The molecule has 0 saturated carbocycles. The van der Waals surface area contributed by atoms with Crippen LogP contribution in [0.3, 0.4) is 0 Å². The van der Waals surface area contributed by atoms with Crippen LogP contribution in [0, 0.1) is 0 Å². The summed E-state index contributed by atoms with van der Waals surface area (Å²) in [7, 11) is 0. The molecule has 1 heterocycles. The number of aliphatic hydroxyl groups excluding tert-OH is 6. The van der Waals surface area contributed by atoms with E-state index in [0.717, 1.165) is 38.5 Å². The minimum atomic E-state index is -2.40. The molecule has 1 saturated heterocycles. The van der Waals surface area contributed by atoms with Crippen molar-refractivity contribution in [3.05, 3.63) is 0 Å². The number of carbonyl (C=O) groups excluding carboxylic acids is 4. The first kappa shape index (κ1) is 47.6. The number of ether oxygens (including phenoxy) is 6. The van der Waals surface area contributed by atoms with Crippen molar-refractivity contribution in [1.29, 1.82) is 0 Å². The van der Waals surface area contributed by atoms with Gasteiger partial charge in [-0.1, -0.05) is 79.1 Å². The monoisotopic (exact) mass is 752 g/mol. The molecule has 1 aliphatic heterocycles. The first-order valence-corrected chi connectivity index (χ1v) is 18.9. The van der Waals surface area contributed by atoms with Crippen molar-refractivity contribution in [3.8, 4) is 0 Å². The molecule has 0 bridgehead atoms. The van der Waals surface area contributed by atoms with Crippen LogP contribution in [0.5, 0.6) is 0 Å². The van der Waals surface area contributed by atoms with Gasteiger partial charge in [-0.15, -0.1) is 0 Å². The van der Waals surface area contributed by atoms with E-state index in [1.807, 2.05) is 27.7 Å². The van der Waals surface area contributed by atoms with Gasteiger partial charge in [0.2, 0.25) is 6.29 Å². The number of rotatable bonds is 28. The molecule has 1 unspecified atom stereocenters. The zero-order chi connectivity index (χ0) is 39.1. The Bertz CT molecular complexity index is 1010. The predicted octanol–water partition coefficient (Wildman–Crippen LogP) is 2.08. The highest BCUT2D eigenvalue weighted by molar-refractivity contribution is 5.72. The van der Waals surface area contributed by atoms with Crippen LogP contribution in [0.1, 0.15) is 130 Å². The summed E-state index contributed by atoms with van der Waals surface area (Å²) in [4.78, 5) is 52.1. The summed E-state index contributed by atoms with van der Waals surface area (Å²) in [6, 6.07) is 0. The minimum Gasteiger partial charge on any atom is -0.463 e. The van der Waals surface area contributed by atoms with Crippen molar-refractivity contribution in [2.75, 3.05) is 13.2 Å². The predicted molar refractivity (Wildman–Crippen MR) is 184 cm³/mol. The Morgan fingerprint density at radius 1 is 0.558 bits per heavy atom. The Balaban J connectivity index is 3.64. The van der Waals surface area contributed by atoms with Gasteiger partial charge < -0.3 is 59.1 Å². The van der Waals surface area contributed by atoms with Crippen molar-refractivity contribution in [3.63, 3.8) is 0 Å². The molecule has 0 spiro atoms. The molecule has 0 radical (unpaired) electrons. The molecular weight excluding hydrogens is 688 g/mol. The number of aliphatic hydroxyl groups is 6. The molecule has 1 fully saturated rings. The number of esters is 4. The fraction of sp³-hybridized carbons (Fsp3) is 0.889. The van der Waals surface area contributed by atoms with Gasteiger partial charge in [-0.05, 0) is 25.7 Å². The molecule has 0 amide bonds. The van der Waals surface area contributed by atoms with Gasteiger partial charge in [-0.2, -0.15) is 0 Å². The van der Waals surface area contributed by atoms with E-state index in [9.17, 15) is 44.7 Å². The molecule has 1 aliphatic rings. The van der Waals surface area contributed by atoms with Crippen molar-refractivity contribution < 1.29 is 78.2 Å². The summed E-state index contributed by atoms with van der Waals surface area (Å²) in [6.07, 6.45) is -11.0. The molecule has 1 rings (SSSR count). The Labute approximate surface area is 307 Å². The van der Waals surface area contributed by atoms with Crippen LogP contribution >= 0.6 is 0 Å². The van der Waals surface area contributed by atoms with Gasteiger partial charge >= 0.3 is 23.9 Å². The molecule has 16 heteroatoms. The second-order valence-corrected chi connectivity index (χ2v) is 13.2. The first-order valence-electron chi connectivity index (χ1n) is 18.9. The van der Waals surface area contributed by atoms with Crippen molar-refractivity contribution in [2.45, 2.75) is 192 Å². The minimum absolute atomic E-state index is 0.00273. The molecule has 0 aromatic carbocycles. The van der Waals surface area contributed by atoms with Gasteiger partial charge in [0.05, 0.1) is 6.61 Å². The fourth-order valence-electron chi connectivity index (χ4n) is 5.40. The summed E-state index contributed by atoms with van der Waals surface area (Å²) >= 11 is 0. The molecule has 0 aromatic rings. The van der Waals surface area contributed by atoms with Gasteiger partial charge in [-0.25, -0.2) is 0 Å². The Hall–Kier alpha value is -2.44. The van der Waals surface area contributed by atoms with Gasteiger partial charge in [0.25, 0.3) is 0 Å². The van der Waals surface area contributed by atoms with Crippen LogP contribution in [0.4, 0.5) is 0 Å². The lowest BCUT2D eigenvalue weighted by Crippen LogP contribution is -2.64. The lowest BCUT2D eigenvalue weighted by molar-refractivity contribution is -0.349. The van der Waals surface area contributed by atoms with Crippen LogP contribution in [-0.4, -0.2) is 129 Å². The van der Waals surface area contributed by atoms with Gasteiger partial charge in [0.1, 0.15) is 37.1 Å². The van der Waals surface area contributed by atoms with E-state index in [2.05, 4.69) is 0 Å². The molecule has 304 valence electrons. The number of hydrogen-bond acceptors (Lipinski definition) is 16. The quantitative estimate of drug-likeness (QED) is 0.0290. The van der Waals surface area contributed by atoms with E-state index in [-0.39, 0.29) is 25.7 Å². The molecule has 16 nitrogen and oxygen atoms in total. The smallest absolute Gasteiger partial charge is 0.306 e. The SMILES string of the molecule is CCCCCC(=O)OC[C@H]1O[C@H](OC(O)[C@@H](O)[C@@H](O)[C@H](O)[C@H](O)CO)[C@@H](OC(=O)CCCCC)[C@@H](OC(=O)CCCCC)[C@@H]1OC(=O)CCCCC. The van der Waals surface area contributed by atoms with Crippen molar-refractivity contribution in [2.24, 2.45) is 0 Å². The fourth-order valence-corrected chi connectivity index (χ4v) is 5.40. The third-order valence-electron chi connectivity index (χ3n) is 8.59. The zero-order valence-corrected chi connectivity index (χ0v) is 31.3. The number of carbonyl (C=O) groups is 4. The van der Waals surface area contributed by atoms with Gasteiger partial charge in [0, 0.05) is 25.7 Å². The van der Waals surface area contributed by atoms with Gasteiger partial charge in [-0.3, -0.25) is 19.2 Å². The average molecular weight is 753 g/mol. The average Bonchev–Trinajstić information content (AvgIpc) is 3.12. The highest BCUT2D eigenvalue weighted by Crippen LogP contribution is 2.32. The number of hydrogen-bond donors (Lipinski definition) is 6.